The first-order valence-corrected chi connectivity index (χ1v) is 7.71. The third-order valence-electron chi connectivity index (χ3n) is 3.79. The van der Waals surface area contributed by atoms with Gasteiger partial charge in [-0.1, -0.05) is 26.7 Å². The van der Waals surface area contributed by atoms with Crippen molar-refractivity contribution >= 4 is 0 Å². The summed E-state index contributed by atoms with van der Waals surface area (Å²) < 4.78 is 0. The zero-order chi connectivity index (χ0) is 13.4. The number of hydrogen-bond donors (Lipinski definition) is 2. The highest BCUT2D eigenvalue weighted by molar-refractivity contribution is 4.73. The Labute approximate surface area is 113 Å². The third kappa shape index (κ3) is 7.34. The first-order valence-electron chi connectivity index (χ1n) is 7.71. The van der Waals surface area contributed by atoms with Gasteiger partial charge in [-0.25, -0.2) is 0 Å². The zero-order valence-corrected chi connectivity index (χ0v) is 12.5. The minimum atomic E-state index is -0.212. The van der Waals surface area contributed by atoms with Crippen molar-refractivity contribution in [3.05, 3.63) is 0 Å². The highest BCUT2D eigenvalue weighted by Gasteiger charge is 2.15. The molecular weight excluding hydrogens is 224 g/mol. The Balaban J connectivity index is 2.00. The van der Waals surface area contributed by atoms with Crippen molar-refractivity contribution in [1.82, 2.24) is 10.2 Å². The van der Waals surface area contributed by atoms with Crippen LogP contribution in [-0.4, -0.2) is 48.3 Å². The molecule has 2 unspecified atom stereocenters. The summed E-state index contributed by atoms with van der Waals surface area (Å²) in [7, 11) is 0. The summed E-state index contributed by atoms with van der Waals surface area (Å²) in [5.74, 6) is 0.804. The molecule has 0 radical (unpaired) electrons. The second-order valence-electron chi connectivity index (χ2n) is 6.30. The molecule has 0 spiro atoms. The Morgan fingerprint density at radius 2 is 1.78 bits per heavy atom. The minimum absolute atomic E-state index is 0.212. The van der Waals surface area contributed by atoms with E-state index in [4.69, 9.17) is 0 Å². The van der Waals surface area contributed by atoms with Crippen LogP contribution in [0.4, 0.5) is 0 Å². The number of β-amino-alcohol motifs (C(OH)–C–C–N with tert-alkyl or cyclic N) is 1. The van der Waals surface area contributed by atoms with E-state index >= 15 is 0 Å². The van der Waals surface area contributed by atoms with Crippen LogP contribution in [0.1, 0.15) is 52.9 Å². The van der Waals surface area contributed by atoms with Crippen molar-refractivity contribution < 1.29 is 5.11 Å². The molecule has 3 nitrogen and oxygen atoms in total. The first kappa shape index (κ1) is 15.9. The summed E-state index contributed by atoms with van der Waals surface area (Å²) in [5, 5.41) is 13.4. The molecule has 1 aliphatic heterocycles. The van der Waals surface area contributed by atoms with E-state index in [-0.39, 0.29) is 6.10 Å². The number of nitrogens with zero attached hydrogens (tertiary/aromatic N) is 1. The molecule has 0 aromatic rings. The normalized spacial score (nSPS) is 20.5. The van der Waals surface area contributed by atoms with E-state index < -0.39 is 0 Å². The number of aliphatic hydroxyl groups is 1. The maximum Gasteiger partial charge on any atom is 0.0791 e. The summed E-state index contributed by atoms with van der Waals surface area (Å²) in [4.78, 5) is 2.37. The average Bonchev–Trinajstić information content (AvgIpc) is 2.78. The molecule has 1 aliphatic rings. The Morgan fingerprint density at radius 3 is 2.39 bits per heavy atom. The monoisotopic (exact) mass is 256 g/mol. The van der Waals surface area contributed by atoms with Crippen LogP contribution >= 0.6 is 0 Å². The minimum Gasteiger partial charge on any atom is -0.390 e. The molecule has 0 aliphatic carbocycles. The first-order chi connectivity index (χ1) is 8.58. The highest BCUT2D eigenvalue weighted by Crippen LogP contribution is 2.09. The molecule has 18 heavy (non-hydrogen) atoms. The lowest BCUT2D eigenvalue weighted by Gasteiger charge is -2.21. The van der Waals surface area contributed by atoms with Gasteiger partial charge < -0.3 is 15.3 Å². The van der Waals surface area contributed by atoms with Crippen LogP contribution in [0.5, 0.6) is 0 Å². The van der Waals surface area contributed by atoms with Gasteiger partial charge in [-0.15, -0.1) is 0 Å². The molecule has 0 bridgehead atoms. The van der Waals surface area contributed by atoms with Crippen molar-refractivity contribution in [2.45, 2.75) is 65.0 Å². The summed E-state index contributed by atoms with van der Waals surface area (Å²) in [5.41, 5.74) is 0. The molecule has 0 saturated carbocycles. The lowest BCUT2D eigenvalue weighted by molar-refractivity contribution is 0.120. The predicted molar refractivity (Wildman–Crippen MR) is 77.8 cm³/mol. The Kier molecular flexibility index (Phi) is 7.87. The topological polar surface area (TPSA) is 35.5 Å². The number of rotatable bonds is 9. The molecule has 1 saturated heterocycles. The molecule has 0 amide bonds. The quantitative estimate of drug-likeness (QED) is 0.664. The summed E-state index contributed by atoms with van der Waals surface area (Å²) in [6.45, 7) is 10.7. The van der Waals surface area contributed by atoms with Crippen molar-refractivity contribution in [3.8, 4) is 0 Å². The lowest BCUT2D eigenvalue weighted by atomic mass is 10.0. The van der Waals surface area contributed by atoms with Crippen molar-refractivity contribution in [3.63, 3.8) is 0 Å². The molecule has 1 rings (SSSR count). The fourth-order valence-corrected chi connectivity index (χ4v) is 2.60. The molecule has 0 aromatic carbocycles. The van der Waals surface area contributed by atoms with Gasteiger partial charge in [0.1, 0.15) is 0 Å². The van der Waals surface area contributed by atoms with Gasteiger partial charge in [-0.3, -0.25) is 0 Å². The Bertz CT molecular complexity index is 203. The molecule has 2 N–H and O–H groups in total. The van der Waals surface area contributed by atoms with Crippen LogP contribution in [0, 0.1) is 5.92 Å². The zero-order valence-electron chi connectivity index (χ0n) is 12.5. The van der Waals surface area contributed by atoms with Crippen LogP contribution < -0.4 is 5.32 Å². The predicted octanol–water partition coefficient (Wildman–Crippen LogP) is 2.25. The molecule has 0 aromatic heterocycles. The molecular formula is C15H32N2O. The molecule has 108 valence electrons. The van der Waals surface area contributed by atoms with E-state index in [0.717, 1.165) is 19.0 Å². The van der Waals surface area contributed by atoms with Gasteiger partial charge in [0.05, 0.1) is 6.10 Å². The lowest BCUT2D eigenvalue weighted by Crippen LogP contribution is -2.40. The fraction of sp³-hybridized carbons (Fsp3) is 1.00. The van der Waals surface area contributed by atoms with E-state index in [1.165, 1.54) is 45.2 Å². The van der Waals surface area contributed by atoms with E-state index in [2.05, 4.69) is 31.0 Å². The van der Waals surface area contributed by atoms with E-state index in [9.17, 15) is 5.11 Å². The second kappa shape index (κ2) is 8.89. The van der Waals surface area contributed by atoms with Crippen LogP contribution in [0.3, 0.4) is 0 Å². The van der Waals surface area contributed by atoms with Gasteiger partial charge in [-0.2, -0.15) is 0 Å². The SMILES string of the molecule is CC(C)CCCC(C)NCC(O)CN1CCCC1. The summed E-state index contributed by atoms with van der Waals surface area (Å²) in [6.07, 6.45) is 6.19. The van der Waals surface area contributed by atoms with Gasteiger partial charge in [0.25, 0.3) is 0 Å². The van der Waals surface area contributed by atoms with Crippen molar-refractivity contribution in [1.29, 1.82) is 0 Å². The van der Waals surface area contributed by atoms with Crippen LogP contribution in [0.15, 0.2) is 0 Å². The average molecular weight is 256 g/mol. The molecule has 1 fully saturated rings. The Morgan fingerprint density at radius 1 is 1.11 bits per heavy atom. The van der Waals surface area contributed by atoms with Gasteiger partial charge in [0, 0.05) is 19.1 Å². The fourth-order valence-electron chi connectivity index (χ4n) is 2.60. The van der Waals surface area contributed by atoms with Gasteiger partial charge in [-0.05, 0) is 45.2 Å². The summed E-state index contributed by atoms with van der Waals surface area (Å²) >= 11 is 0. The van der Waals surface area contributed by atoms with Gasteiger partial charge >= 0.3 is 0 Å². The van der Waals surface area contributed by atoms with Crippen molar-refractivity contribution in [2.75, 3.05) is 26.2 Å². The van der Waals surface area contributed by atoms with Crippen LogP contribution in [-0.2, 0) is 0 Å². The van der Waals surface area contributed by atoms with E-state index in [1.54, 1.807) is 0 Å². The molecule has 2 atom stereocenters. The van der Waals surface area contributed by atoms with Crippen molar-refractivity contribution in [2.24, 2.45) is 5.92 Å². The van der Waals surface area contributed by atoms with Gasteiger partial charge in [0.2, 0.25) is 0 Å². The largest absolute Gasteiger partial charge is 0.390 e. The maximum atomic E-state index is 9.97. The Hall–Kier alpha value is -0.120. The third-order valence-corrected chi connectivity index (χ3v) is 3.79. The number of likely N-dealkylation sites (tertiary alicyclic amines) is 1. The number of aliphatic hydroxyl groups excluding tert-OH is 1. The number of nitrogens with one attached hydrogen (secondary N) is 1. The van der Waals surface area contributed by atoms with Crippen LogP contribution in [0.25, 0.3) is 0 Å². The van der Waals surface area contributed by atoms with Crippen LogP contribution in [0.2, 0.25) is 0 Å². The summed E-state index contributed by atoms with van der Waals surface area (Å²) in [6, 6.07) is 0.525. The van der Waals surface area contributed by atoms with E-state index in [1.807, 2.05) is 0 Å². The maximum absolute atomic E-state index is 9.97. The number of hydrogen-bond acceptors (Lipinski definition) is 3. The molecule has 1 heterocycles. The second-order valence-corrected chi connectivity index (χ2v) is 6.30. The standard InChI is InChI=1S/C15H32N2O/c1-13(2)7-6-8-14(3)16-11-15(18)12-17-9-4-5-10-17/h13-16,18H,4-12H2,1-3H3. The highest BCUT2D eigenvalue weighted by atomic mass is 16.3. The van der Waals surface area contributed by atoms with E-state index in [0.29, 0.717) is 6.04 Å². The molecule has 3 heteroatoms. The smallest absolute Gasteiger partial charge is 0.0791 e. The van der Waals surface area contributed by atoms with Gasteiger partial charge in [0.15, 0.2) is 0 Å².